The number of aromatic nitrogens is 2. The highest BCUT2D eigenvalue weighted by Gasteiger charge is 2.20. The second kappa shape index (κ2) is 7.67. The van der Waals surface area contributed by atoms with Crippen LogP contribution in [0.25, 0.3) is 22.7 Å². The van der Waals surface area contributed by atoms with Crippen LogP contribution in [0, 0.1) is 11.3 Å². The van der Waals surface area contributed by atoms with Crippen molar-refractivity contribution >= 4 is 28.4 Å². The predicted molar refractivity (Wildman–Crippen MR) is 111 cm³/mol. The van der Waals surface area contributed by atoms with Gasteiger partial charge in [-0.2, -0.15) is 5.26 Å². The van der Waals surface area contributed by atoms with Crippen LogP contribution in [0.5, 0.6) is 0 Å². The number of fused-ring (bicyclic) bond motifs is 1. The summed E-state index contributed by atoms with van der Waals surface area (Å²) in [5, 5.41) is 9.75. The monoisotopic (exact) mass is 356 g/mol. The minimum Gasteiger partial charge on any atom is -0.371 e. The summed E-state index contributed by atoms with van der Waals surface area (Å²) in [6.45, 7) is 0. The molecular formula is C23H24N4. The maximum absolute atomic E-state index is 9.75. The Bertz CT molecular complexity index is 969. The molecule has 3 aromatic rings. The van der Waals surface area contributed by atoms with Crippen LogP contribution in [0.2, 0.25) is 0 Å². The SMILES string of the molecule is CN(c1ccccc1C=C(C#N)c1nc2ccccc2[nH]1)C1CCCCC1. The molecule has 0 saturated heterocycles. The van der Waals surface area contributed by atoms with Crippen molar-refractivity contribution < 1.29 is 0 Å². The van der Waals surface area contributed by atoms with Crippen molar-refractivity contribution in [2.45, 2.75) is 38.1 Å². The van der Waals surface area contributed by atoms with E-state index in [2.05, 4.69) is 46.2 Å². The maximum atomic E-state index is 9.75. The summed E-state index contributed by atoms with van der Waals surface area (Å²) >= 11 is 0. The number of nitriles is 1. The van der Waals surface area contributed by atoms with Crippen molar-refractivity contribution in [3.63, 3.8) is 0 Å². The molecule has 1 fully saturated rings. The van der Waals surface area contributed by atoms with Crippen LogP contribution in [0.1, 0.15) is 43.5 Å². The molecular weight excluding hydrogens is 332 g/mol. The number of hydrogen-bond acceptors (Lipinski definition) is 3. The van der Waals surface area contributed by atoms with Crippen molar-refractivity contribution in [2.24, 2.45) is 0 Å². The average molecular weight is 356 g/mol. The first-order valence-corrected chi connectivity index (χ1v) is 9.65. The molecule has 4 nitrogen and oxygen atoms in total. The van der Waals surface area contributed by atoms with Crippen LogP contribution < -0.4 is 4.90 Å². The second-order valence-corrected chi connectivity index (χ2v) is 7.23. The standard InChI is InChI=1S/C23H24N4/c1-27(19-10-3-2-4-11-19)22-14-8-5-9-17(22)15-18(16-24)23-25-20-12-6-7-13-21(20)26-23/h5-9,12-15,19H,2-4,10-11H2,1H3,(H,25,26). The summed E-state index contributed by atoms with van der Waals surface area (Å²) in [4.78, 5) is 10.2. The number of anilines is 1. The third-order valence-electron chi connectivity index (χ3n) is 5.50. The van der Waals surface area contributed by atoms with E-state index in [0.29, 0.717) is 17.4 Å². The zero-order valence-electron chi connectivity index (χ0n) is 15.7. The molecule has 4 rings (SSSR count). The Kier molecular flexibility index (Phi) is 4.93. The Morgan fingerprint density at radius 1 is 1.11 bits per heavy atom. The highest BCUT2D eigenvalue weighted by Crippen LogP contribution is 2.30. The zero-order valence-corrected chi connectivity index (χ0v) is 15.7. The normalized spacial score (nSPS) is 15.6. The first-order chi connectivity index (χ1) is 13.3. The molecule has 1 N–H and O–H groups in total. The van der Waals surface area contributed by atoms with E-state index in [1.807, 2.05) is 36.4 Å². The van der Waals surface area contributed by atoms with Crippen molar-refractivity contribution in [3.8, 4) is 6.07 Å². The van der Waals surface area contributed by atoms with Gasteiger partial charge in [0.1, 0.15) is 11.9 Å². The quantitative estimate of drug-likeness (QED) is 0.637. The molecule has 0 unspecified atom stereocenters. The molecule has 0 aliphatic heterocycles. The lowest BCUT2D eigenvalue weighted by Gasteiger charge is -2.34. The number of rotatable bonds is 4. The Hall–Kier alpha value is -3.06. The van der Waals surface area contributed by atoms with Crippen LogP contribution in [-0.2, 0) is 0 Å². The number of H-pyrrole nitrogens is 1. The van der Waals surface area contributed by atoms with E-state index in [4.69, 9.17) is 0 Å². The van der Waals surface area contributed by atoms with Gasteiger partial charge in [-0.15, -0.1) is 0 Å². The lowest BCUT2D eigenvalue weighted by molar-refractivity contribution is 0.427. The van der Waals surface area contributed by atoms with E-state index in [9.17, 15) is 5.26 Å². The summed E-state index contributed by atoms with van der Waals surface area (Å²) in [7, 11) is 2.18. The van der Waals surface area contributed by atoms with Crippen LogP contribution in [0.3, 0.4) is 0 Å². The fraction of sp³-hybridized carbons (Fsp3) is 0.304. The third-order valence-corrected chi connectivity index (χ3v) is 5.50. The minimum atomic E-state index is 0.552. The number of benzene rings is 2. The second-order valence-electron chi connectivity index (χ2n) is 7.23. The first-order valence-electron chi connectivity index (χ1n) is 9.65. The number of allylic oxidation sites excluding steroid dienone is 1. The fourth-order valence-corrected chi connectivity index (χ4v) is 3.99. The maximum Gasteiger partial charge on any atom is 0.149 e. The van der Waals surface area contributed by atoms with Gasteiger partial charge in [-0.3, -0.25) is 0 Å². The topological polar surface area (TPSA) is 55.7 Å². The van der Waals surface area contributed by atoms with Gasteiger partial charge in [0.15, 0.2) is 0 Å². The third kappa shape index (κ3) is 3.59. The summed E-state index contributed by atoms with van der Waals surface area (Å²) in [6, 6.07) is 19.1. The van der Waals surface area contributed by atoms with Crippen molar-refractivity contribution in [1.29, 1.82) is 5.26 Å². The number of nitrogens with one attached hydrogen (secondary N) is 1. The summed E-state index contributed by atoms with van der Waals surface area (Å²) in [6.07, 6.45) is 8.38. The largest absolute Gasteiger partial charge is 0.371 e. The van der Waals surface area contributed by atoms with Gasteiger partial charge < -0.3 is 9.88 Å². The molecule has 0 bridgehead atoms. The smallest absolute Gasteiger partial charge is 0.149 e. The van der Waals surface area contributed by atoms with Gasteiger partial charge >= 0.3 is 0 Å². The number of imidazole rings is 1. The molecule has 1 aliphatic rings. The van der Waals surface area contributed by atoms with Crippen molar-refractivity contribution in [2.75, 3.05) is 11.9 Å². The van der Waals surface area contributed by atoms with Gasteiger partial charge in [0.2, 0.25) is 0 Å². The lowest BCUT2D eigenvalue weighted by Crippen LogP contribution is -2.33. The van der Waals surface area contributed by atoms with E-state index in [1.54, 1.807) is 0 Å². The van der Waals surface area contributed by atoms with Crippen LogP contribution in [-0.4, -0.2) is 23.1 Å². The zero-order chi connectivity index (χ0) is 18.6. The van der Waals surface area contributed by atoms with Gasteiger partial charge in [-0.25, -0.2) is 4.98 Å². The molecule has 136 valence electrons. The van der Waals surface area contributed by atoms with Gasteiger partial charge in [0, 0.05) is 18.8 Å². The van der Waals surface area contributed by atoms with Gasteiger partial charge in [0.25, 0.3) is 0 Å². The van der Waals surface area contributed by atoms with Crippen molar-refractivity contribution in [3.05, 3.63) is 59.9 Å². The van der Waals surface area contributed by atoms with Crippen LogP contribution in [0.15, 0.2) is 48.5 Å². The van der Waals surface area contributed by atoms with Gasteiger partial charge in [0.05, 0.1) is 16.6 Å². The van der Waals surface area contributed by atoms with Gasteiger partial charge in [-0.1, -0.05) is 49.6 Å². The van der Waals surface area contributed by atoms with E-state index >= 15 is 0 Å². The molecule has 4 heteroatoms. The lowest BCUT2D eigenvalue weighted by atomic mass is 9.93. The molecule has 1 saturated carbocycles. The van der Waals surface area contributed by atoms with E-state index in [0.717, 1.165) is 16.6 Å². The first kappa shape index (κ1) is 17.4. The Balaban J connectivity index is 1.70. The fourth-order valence-electron chi connectivity index (χ4n) is 3.99. The molecule has 0 amide bonds. The van der Waals surface area contributed by atoms with E-state index in [1.165, 1.54) is 37.8 Å². The predicted octanol–water partition coefficient (Wildman–Crippen LogP) is 5.40. The minimum absolute atomic E-state index is 0.552. The number of para-hydroxylation sites is 3. The highest BCUT2D eigenvalue weighted by atomic mass is 15.1. The van der Waals surface area contributed by atoms with Gasteiger partial charge in [-0.05, 0) is 42.7 Å². The molecule has 27 heavy (non-hydrogen) atoms. The molecule has 0 atom stereocenters. The Labute approximate surface area is 160 Å². The summed E-state index contributed by atoms with van der Waals surface area (Å²) in [5.74, 6) is 0.619. The van der Waals surface area contributed by atoms with Crippen LogP contribution in [0.4, 0.5) is 5.69 Å². The van der Waals surface area contributed by atoms with E-state index in [-0.39, 0.29) is 0 Å². The Morgan fingerprint density at radius 2 is 1.85 bits per heavy atom. The molecule has 2 aromatic carbocycles. The number of nitrogens with zero attached hydrogens (tertiary/aromatic N) is 3. The molecule has 0 radical (unpaired) electrons. The molecule has 1 aliphatic carbocycles. The van der Waals surface area contributed by atoms with Crippen LogP contribution >= 0.6 is 0 Å². The number of hydrogen-bond donors (Lipinski definition) is 1. The Morgan fingerprint density at radius 3 is 2.63 bits per heavy atom. The highest BCUT2D eigenvalue weighted by molar-refractivity contribution is 5.92. The molecule has 1 aromatic heterocycles. The summed E-state index contributed by atoms with van der Waals surface area (Å²) in [5.41, 5.74) is 4.61. The van der Waals surface area contributed by atoms with Crippen molar-refractivity contribution in [1.82, 2.24) is 9.97 Å². The number of aromatic amines is 1. The van der Waals surface area contributed by atoms with E-state index < -0.39 is 0 Å². The molecule has 0 spiro atoms. The molecule has 1 heterocycles. The average Bonchev–Trinajstić information content (AvgIpc) is 3.16. The summed E-state index contributed by atoms with van der Waals surface area (Å²) < 4.78 is 0.